The van der Waals surface area contributed by atoms with Crippen molar-refractivity contribution in [1.82, 2.24) is 4.98 Å². The van der Waals surface area contributed by atoms with Gasteiger partial charge in [0.25, 0.3) is 0 Å². The first-order valence-electron chi connectivity index (χ1n) is 7.95. The number of nitrogens with zero attached hydrogens (tertiary/aromatic N) is 1. The van der Waals surface area contributed by atoms with Crippen molar-refractivity contribution < 1.29 is 5.11 Å². The summed E-state index contributed by atoms with van der Waals surface area (Å²) in [5.74, 6) is 0. The van der Waals surface area contributed by atoms with E-state index in [1.54, 1.807) is 0 Å². The summed E-state index contributed by atoms with van der Waals surface area (Å²) in [6.45, 7) is 0.107. The number of hydrogen-bond donors (Lipinski definition) is 1. The summed E-state index contributed by atoms with van der Waals surface area (Å²) in [7, 11) is 0. The van der Waals surface area contributed by atoms with Crippen molar-refractivity contribution in [3.05, 3.63) is 76.8 Å². The molecule has 118 valence electrons. The Morgan fingerprint density at radius 1 is 0.875 bits per heavy atom. The predicted molar refractivity (Wildman–Crippen MR) is 103 cm³/mol. The van der Waals surface area contributed by atoms with Crippen LogP contribution in [0, 0.1) is 0 Å². The number of aliphatic hydroxyl groups is 1. The minimum atomic E-state index is 0.107. The Labute approximate surface area is 148 Å². The van der Waals surface area contributed by atoms with Crippen LogP contribution < -0.4 is 0 Å². The van der Waals surface area contributed by atoms with Gasteiger partial charge in [-0.25, -0.2) is 4.98 Å². The first-order valence-corrected chi connectivity index (χ1v) is 8.74. The topological polar surface area (TPSA) is 33.1 Å². The summed E-state index contributed by atoms with van der Waals surface area (Å²) in [5.41, 5.74) is 4.02. The molecule has 1 aromatic heterocycles. The van der Waals surface area contributed by atoms with E-state index >= 15 is 0 Å². The Kier molecular flexibility index (Phi) is 4.05. The van der Waals surface area contributed by atoms with E-state index in [0.717, 1.165) is 32.2 Å². The lowest BCUT2D eigenvalue weighted by molar-refractivity contribution is 0.299. The molecule has 4 aromatic rings. The molecule has 0 saturated heterocycles. The van der Waals surface area contributed by atoms with Crippen LogP contribution in [0.25, 0.3) is 32.9 Å². The first kappa shape index (κ1) is 15.3. The summed E-state index contributed by atoms with van der Waals surface area (Å²) in [4.78, 5) is 4.93. The van der Waals surface area contributed by atoms with Gasteiger partial charge in [-0.15, -0.1) is 0 Å². The highest BCUT2D eigenvalue weighted by molar-refractivity contribution is 9.10. The van der Waals surface area contributed by atoms with Crippen molar-refractivity contribution in [2.24, 2.45) is 0 Å². The van der Waals surface area contributed by atoms with Crippen molar-refractivity contribution >= 4 is 37.6 Å². The Hall–Kier alpha value is -2.23. The van der Waals surface area contributed by atoms with Gasteiger partial charge in [-0.2, -0.15) is 0 Å². The highest BCUT2D eigenvalue weighted by atomic mass is 79.9. The standard InChI is InChI=1S/C21H16BrNO/c22-19-8-4-3-7-17(19)21-15(11-12-24)13-18-16-6-2-1-5-14(16)9-10-20(18)23-21/h1-10,13,24H,11-12H2. The normalized spacial score (nSPS) is 11.2. The van der Waals surface area contributed by atoms with Gasteiger partial charge in [-0.3, -0.25) is 0 Å². The quantitative estimate of drug-likeness (QED) is 0.488. The monoisotopic (exact) mass is 377 g/mol. The highest BCUT2D eigenvalue weighted by Gasteiger charge is 2.13. The molecule has 1 heterocycles. The summed E-state index contributed by atoms with van der Waals surface area (Å²) in [6.07, 6.45) is 0.586. The van der Waals surface area contributed by atoms with Gasteiger partial charge in [0, 0.05) is 22.0 Å². The molecule has 2 nitrogen and oxygen atoms in total. The SMILES string of the molecule is OCCc1cc2c(ccc3ccccc32)nc1-c1ccccc1Br. The van der Waals surface area contributed by atoms with Crippen LogP contribution >= 0.6 is 15.9 Å². The molecule has 0 spiro atoms. The number of rotatable bonds is 3. The maximum atomic E-state index is 9.51. The molecule has 0 aliphatic carbocycles. The number of aliphatic hydroxyl groups excluding tert-OH is 1. The minimum absolute atomic E-state index is 0.107. The molecule has 1 N–H and O–H groups in total. The zero-order chi connectivity index (χ0) is 16.5. The van der Waals surface area contributed by atoms with Crippen LogP contribution in [0.2, 0.25) is 0 Å². The third-order valence-corrected chi connectivity index (χ3v) is 5.00. The molecule has 0 aliphatic heterocycles. The van der Waals surface area contributed by atoms with Crippen molar-refractivity contribution in [2.75, 3.05) is 6.61 Å². The molecule has 0 fully saturated rings. The number of aromatic nitrogens is 1. The van der Waals surface area contributed by atoms with Crippen LogP contribution in [0.15, 0.2) is 71.2 Å². The van der Waals surface area contributed by atoms with E-state index in [9.17, 15) is 5.11 Å². The number of pyridine rings is 1. The maximum absolute atomic E-state index is 9.51. The van der Waals surface area contributed by atoms with Gasteiger partial charge in [0.05, 0.1) is 11.2 Å². The van der Waals surface area contributed by atoms with Crippen LogP contribution in [-0.2, 0) is 6.42 Å². The van der Waals surface area contributed by atoms with Gasteiger partial charge < -0.3 is 5.11 Å². The largest absolute Gasteiger partial charge is 0.396 e. The average molecular weight is 378 g/mol. The van der Waals surface area contributed by atoms with Crippen LogP contribution in [0.5, 0.6) is 0 Å². The van der Waals surface area contributed by atoms with Gasteiger partial charge in [-0.05, 0) is 41.0 Å². The van der Waals surface area contributed by atoms with Crippen molar-refractivity contribution in [2.45, 2.75) is 6.42 Å². The molecule has 4 rings (SSSR count). The van der Waals surface area contributed by atoms with Gasteiger partial charge >= 0.3 is 0 Å². The maximum Gasteiger partial charge on any atom is 0.0753 e. The van der Waals surface area contributed by atoms with E-state index in [-0.39, 0.29) is 6.61 Å². The minimum Gasteiger partial charge on any atom is -0.396 e. The van der Waals surface area contributed by atoms with E-state index in [1.807, 2.05) is 24.3 Å². The Balaban J connectivity index is 2.05. The fourth-order valence-corrected chi connectivity index (χ4v) is 3.64. The lowest BCUT2D eigenvalue weighted by atomic mass is 9.98. The predicted octanol–water partition coefficient (Wildman–Crippen LogP) is 5.35. The van der Waals surface area contributed by atoms with Gasteiger partial charge in [0.1, 0.15) is 0 Å². The fraction of sp³-hybridized carbons (Fsp3) is 0.0952. The van der Waals surface area contributed by atoms with Gasteiger partial charge in [0.2, 0.25) is 0 Å². The van der Waals surface area contributed by atoms with E-state index in [4.69, 9.17) is 4.98 Å². The molecule has 0 saturated carbocycles. The van der Waals surface area contributed by atoms with E-state index < -0.39 is 0 Å². The number of halogens is 1. The number of fused-ring (bicyclic) bond motifs is 3. The lowest BCUT2D eigenvalue weighted by Crippen LogP contribution is -1.98. The van der Waals surface area contributed by atoms with Crippen LogP contribution in [0.1, 0.15) is 5.56 Å². The summed E-state index contributed by atoms with van der Waals surface area (Å²) < 4.78 is 1.01. The molecule has 0 radical (unpaired) electrons. The summed E-state index contributed by atoms with van der Waals surface area (Å²) >= 11 is 3.62. The smallest absolute Gasteiger partial charge is 0.0753 e. The second kappa shape index (κ2) is 6.34. The lowest BCUT2D eigenvalue weighted by Gasteiger charge is -2.13. The molecule has 0 aliphatic rings. The molecule has 24 heavy (non-hydrogen) atoms. The molecule has 3 aromatic carbocycles. The summed E-state index contributed by atoms with van der Waals surface area (Å²) in [6, 6.07) is 22.8. The van der Waals surface area contributed by atoms with Crippen LogP contribution in [-0.4, -0.2) is 16.7 Å². The second-order valence-corrected chi connectivity index (χ2v) is 6.66. The van der Waals surface area contributed by atoms with Gasteiger partial charge in [0.15, 0.2) is 0 Å². The molecule has 3 heteroatoms. The van der Waals surface area contributed by atoms with Crippen molar-refractivity contribution in [3.63, 3.8) is 0 Å². The molecular formula is C21H16BrNO. The third-order valence-electron chi connectivity index (χ3n) is 4.31. The number of benzene rings is 3. The van der Waals surface area contributed by atoms with Crippen LogP contribution in [0.4, 0.5) is 0 Å². The second-order valence-electron chi connectivity index (χ2n) is 5.80. The van der Waals surface area contributed by atoms with E-state index in [0.29, 0.717) is 6.42 Å². The Bertz CT molecular complexity index is 1040. The number of hydrogen-bond acceptors (Lipinski definition) is 2. The summed E-state index contributed by atoms with van der Waals surface area (Å²) in [5, 5.41) is 13.0. The average Bonchev–Trinajstić information content (AvgIpc) is 2.62. The van der Waals surface area contributed by atoms with E-state index in [1.165, 1.54) is 10.8 Å². The molecule has 0 unspecified atom stereocenters. The molecule has 0 bridgehead atoms. The molecular weight excluding hydrogens is 362 g/mol. The highest BCUT2D eigenvalue weighted by Crippen LogP contribution is 2.33. The zero-order valence-corrected chi connectivity index (χ0v) is 14.6. The third kappa shape index (κ3) is 2.60. The molecule has 0 atom stereocenters. The van der Waals surface area contributed by atoms with Crippen molar-refractivity contribution in [1.29, 1.82) is 0 Å². The van der Waals surface area contributed by atoms with Gasteiger partial charge in [-0.1, -0.05) is 64.5 Å². The first-order chi connectivity index (χ1) is 11.8. The fourth-order valence-electron chi connectivity index (χ4n) is 3.17. The Morgan fingerprint density at radius 3 is 2.50 bits per heavy atom. The van der Waals surface area contributed by atoms with E-state index in [2.05, 4.69) is 58.4 Å². The van der Waals surface area contributed by atoms with Crippen molar-refractivity contribution in [3.8, 4) is 11.3 Å². The molecule has 0 amide bonds. The Morgan fingerprint density at radius 2 is 1.67 bits per heavy atom. The van der Waals surface area contributed by atoms with Crippen LogP contribution in [0.3, 0.4) is 0 Å². The zero-order valence-electron chi connectivity index (χ0n) is 13.0.